The van der Waals surface area contributed by atoms with Gasteiger partial charge in [0.2, 0.25) is 11.8 Å². The van der Waals surface area contributed by atoms with Gasteiger partial charge in [0.1, 0.15) is 5.54 Å². The first-order chi connectivity index (χ1) is 9.38. The Bertz CT molecular complexity index is 338. The quantitative estimate of drug-likeness (QED) is 0.530. The van der Waals surface area contributed by atoms with Gasteiger partial charge in [0.15, 0.2) is 0 Å². The predicted octanol–water partition coefficient (Wildman–Crippen LogP) is 1.44. The Morgan fingerprint density at radius 2 is 1.65 bits per heavy atom. The van der Waals surface area contributed by atoms with Crippen molar-refractivity contribution in [2.24, 2.45) is 0 Å². The summed E-state index contributed by atoms with van der Waals surface area (Å²) in [5.41, 5.74) is -1.15. The standard InChI is InChI=1S/C14H26N2O4/c1-4-14(5-2,13(19)20)16-12(18)9-7-6-8-10-15-11(3)17/h4-10H2,1-3H3,(H,15,17)(H,16,18)(H,19,20). The molecular formula is C14H26N2O4. The van der Waals surface area contributed by atoms with E-state index in [1.165, 1.54) is 6.92 Å². The summed E-state index contributed by atoms with van der Waals surface area (Å²) < 4.78 is 0. The van der Waals surface area contributed by atoms with Crippen LogP contribution in [0.2, 0.25) is 0 Å². The largest absolute Gasteiger partial charge is 0.480 e. The van der Waals surface area contributed by atoms with Crippen molar-refractivity contribution in [1.29, 1.82) is 0 Å². The molecule has 0 atom stereocenters. The van der Waals surface area contributed by atoms with E-state index in [1.807, 2.05) is 0 Å². The minimum atomic E-state index is -1.15. The maximum atomic E-state index is 11.8. The van der Waals surface area contributed by atoms with Crippen LogP contribution in [0, 0.1) is 0 Å². The van der Waals surface area contributed by atoms with Crippen LogP contribution in [-0.2, 0) is 14.4 Å². The lowest BCUT2D eigenvalue weighted by molar-refractivity contribution is -0.148. The highest BCUT2D eigenvalue weighted by Crippen LogP contribution is 2.16. The summed E-state index contributed by atoms with van der Waals surface area (Å²) in [5.74, 6) is -1.27. The molecule has 0 saturated carbocycles. The Kier molecular flexibility index (Phi) is 8.59. The fourth-order valence-electron chi connectivity index (χ4n) is 1.96. The highest BCUT2D eigenvalue weighted by molar-refractivity contribution is 5.86. The Balaban J connectivity index is 3.98. The highest BCUT2D eigenvalue weighted by atomic mass is 16.4. The molecular weight excluding hydrogens is 260 g/mol. The fourth-order valence-corrected chi connectivity index (χ4v) is 1.96. The smallest absolute Gasteiger partial charge is 0.329 e. The first-order valence-corrected chi connectivity index (χ1v) is 7.16. The van der Waals surface area contributed by atoms with E-state index >= 15 is 0 Å². The molecule has 0 aromatic rings. The minimum absolute atomic E-state index is 0.0557. The van der Waals surface area contributed by atoms with Gasteiger partial charge in [0, 0.05) is 19.9 Å². The number of nitrogens with one attached hydrogen (secondary N) is 2. The first-order valence-electron chi connectivity index (χ1n) is 7.16. The normalized spacial score (nSPS) is 10.9. The number of carbonyl (C=O) groups excluding carboxylic acids is 2. The molecule has 3 N–H and O–H groups in total. The summed E-state index contributed by atoms with van der Waals surface area (Å²) in [7, 11) is 0. The van der Waals surface area contributed by atoms with Crippen molar-refractivity contribution in [1.82, 2.24) is 10.6 Å². The fraction of sp³-hybridized carbons (Fsp3) is 0.786. The van der Waals surface area contributed by atoms with E-state index in [4.69, 9.17) is 0 Å². The second-order valence-electron chi connectivity index (χ2n) is 4.94. The average molecular weight is 286 g/mol. The van der Waals surface area contributed by atoms with Gasteiger partial charge in [-0.3, -0.25) is 9.59 Å². The topological polar surface area (TPSA) is 95.5 Å². The molecule has 20 heavy (non-hydrogen) atoms. The molecule has 0 heterocycles. The highest BCUT2D eigenvalue weighted by Gasteiger charge is 2.35. The molecule has 6 nitrogen and oxygen atoms in total. The number of carbonyl (C=O) groups is 3. The van der Waals surface area contributed by atoms with Gasteiger partial charge in [-0.05, 0) is 25.7 Å². The van der Waals surface area contributed by atoms with Crippen LogP contribution >= 0.6 is 0 Å². The minimum Gasteiger partial charge on any atom is -0.480 e. The van der Waals surface area contributed by atoms with Gasteiger partial charge in [-0.25, -0.2) is 4.79 Å². The zero-order chi connectivity index (χ0) is 15.6. The lowest BCUT2D eigenvalue weighted by Gasteiger charge is -2.28. The summed E-state index contributed by atoms with van der Waals surface area (Å²) in [5, 5.41) is 14.5. The lowest BCUT2D eigenvalue weighted by atomic mass is 9.92. The van der Waals surface area contributed by atoms with Crippen LogP contribution in [0.15, 0.2) is 0 Å². The predicted molar refractivity (Wildman–Crippen MR) is 76.2 cm³/mol. The molecule has 0 rings (SSSR count). The summed E-state index contributed by atoms with van der Waals surface area (Å²) >= 11 is 0. The van der Waals surface area contributed by atoms with Crippen molar-refractivity contribution in [3.8, 4) is 0 Å². The second kappa shape index (κ2) is 9.34. The molecule has 0 radical (unpaired) electrons. The third-order valence-corrected chi connectivity index (χ3v) is 3.45. The molecule has 0 unspecified atom stereocenters. The Morgan fingerprint density at radius 1 is 1.05 bits per heavy atom. The van der Waals surface area contributed by atoms with E-state index in [-0.39, 0.29) is 11.8 Å². The van der Waals surface area contributed by atoms with E-state index in [0.717, 1.165) is 12.8 Å². The van der Waals surface area contributed by atoms with Gasteiger partial charge in [0.05, 0.1) is 0 Å². The van der Waals surface area contributed by atoms with Gasteiger partial charge in [-0.2, -0.15) is 0 Å². The van der Waals surface area contributed by atoms with Gasteiger partial charge in [-0.1, -0.05) is 20.3 Å². The van der Waals surface area contributed by atoms with E-state index in [9.17, 15) is 19.5 Å². The zero-order valence-electron chi connectivity index (χ0n) is 12.6. The zero-order valence-corrected chi connectivity index (χ0v) is 12.6. The number of carboxylic acids is 1. The van der Waals surface area contributed by atoms with E-state index in [2.05, 4.69) is 10.6 Å². The molecule has 0 saturated heterocycles. The van der Waals surface area contributed by atoms with Crippen LogP contribution in [0.25, 0.3) is 0 Å². The van der Waals surface area contributed by atoms with Crippen LogP contribution in [0.1, 0.15) is 59.3 Å². The van der Waals surface area contributed by atoms with E-state index < -0.39 is 11.5 Å². The van der Waals surface area contributed by atoms with Crippen molar-refractivity contribution in [2.45, 2.75) is 64.8 Å². The number of hydrogen-bond donors (Lipinski definition) is 3. The summed E-state index contributed by atoms with van der Waals surface area (Å²) in [6.07, 6.45) is 3.38. The molecule has 0 spiro atoms. The Hall–Kier alpha value is -1.59. The number of unbranched alkanes of at least 4 members (excludes halogenated alkanes) is 2. The van der Waals surface area contributed by atoms with Crippen LogP contribution in [0.3, 0.4) is 0 Å². The molecule has 0 aromatic heterocycles. The Labute approximate surface area is 120 Å². The van der Waals surface area contributed by atoms with Gasteiger partial charge >= 0.3 is 5.97 Å². The molecule has 0 aliphatic carbocycles. The number of carboxylic acid groups (broad SMARTS) is 1. The number of hydrogen-bond acceptors (Lipinski definition) is 3. The van der Waals surface area contributed by atoms with E-state index in [0.29, 0.717) is 32.2 Å². The van der Waals surface area contributed by atoms with Gasteiger partial charge in [0.25, 0.3) is 0 Å². The number of rotatable bonds is 10. The second-order valence-corrected chi connectivity index (χ2v) is 4.94. The summed E-state index contributed by atoms with van der Waals surface area (Å²) in [6, 6.07) is 0. The van der Waals surface area contributed by atoms with E-state index in [1.54, 1.807) is 13.8 Å². The lowest BCUT2D eigenvalue weighted by Crippen LogP contribution is -2.53. The molecule has 6 heteroatoms. The van der Waals surface area contributed by atoms with Crippen molar-refractivity contribution in [3.63, 3.8) is 0 Å². The van der Waals surface area contributed by atoms with Crippen molar-refractivity contribution < 1.29 is 19.5 Å². The SMILES string of the molecule is CCC(CC)(NC(=O)CCCCCNC(C)=O)C(=O)O. The average Bonchev–Trinajstić information content (AvgIpc) is 2.39. The maximum absolute atomic E-state index is 11.8. The van der Waals surface area contributed by atoms with Gasteiger partial charge < -0.3 is 15.7 Å². The molecule has 0 fully saturated rings. The van der Waals surface area contributed by atoms with Crippen molar-refractivity contribution >= 4 is 17.8 Å². The molecule has 2 amide bonds. The van der Waals surface area contributed by atoms with Crippen LogP contribution < -0.4 is 10.6 Å². The maximum Gasteiger partial charge on any atom is 0.329 e. The molecule has 116 valence electrons. The Morgan fingerprint density at radius 3 is 2.10 bits per heavy atom. The number of amides is 2. The molecule has 0 aliphatic heterocycles. The molecule has 0 aliphatic rings. The molecule has 0 bridgehead atoms. The third kappa shape index (κ3) is 6.54. The monoisotopic (exact) mass is 286 g/mol. The first kappa shape index (κ1) is 18.4. The number of aliphatic carboxylic acids is 1. The van der Waals surface area contributed by atoms with Crippen molar-refractivity contribution in [2.75, 3.05) is 6.54 Å². The van der Waals surface area contributed by atoms with Crippen LogP contribution in [0.5, 0.6) is 0 Å². The van der Waals surface area contributed by atoms with Crippen molar-refractivity contribution in [3.05, 3.63) is 0 Å². The van der Waals surface area contributed by atoms with Gasteiger partial charge in [-0.15, -0.1) is 0 Å². The molecule has 0 aromatic carbocycles. The summed E-state index contributed by atoms with van der Waals surface area (Å²) in [4.78, 5) is 33.7. The van der Waals surface area contributed by atoms with Crippen LogP contribution in [0.4, 0.5) is 0 Å². The summed E-state index contributed by atoms with van der Waals surface area (Å²) in [6.45, 7) is 5.59. The van der Waals surface area contributed by atoms with Crippen LogP contribution in [-0.4, -0.2) is 35.0 Å². The third-order valence-electron chi connectivity index (χ3n) is 3.45.